The molecule has 0 aliphatic heterocycles. The number of ether oxygens (including phenoxy) is 1. The third kappa shape index (κ3) is 5.06. The zero-order valence-corrected chi connectivity index (χ0v) is 19.3. The molecule has 0 fully saturated rings. The SMILES string of the molecule is COc1ccc(C(=O)Nc2cccc(C(F)(F)F)c2)cc1Nc1nc(-c2cccnc2)c2[nH]ccc2n1. The molecule has 0 aliphatic carbocycles. The highest BCUT2D eigenvalue weighted by molar-refractivity contribution is 6.05. The number of carbonyl (C=O) groups excluding carboxylic acids is 1. The minimum Gasteiger partial charge on any atom is -0.495 e. The number of fused-ring (bicyclic) bond motifs is 1. The van der Waals surface area contributed by atoms with E-state index in [-0.39, 0.29) is 17.2 Å². The molecule has 2 aromatic carbocycles. The van der Waals surface area contributed by atoms with E-state index in [0.717, 1.165) is 23.2 Å². The van der Waals surface area contributed by atoms with Gasteiger partial charge >= 0.3 is 6.18 Å². The van der Waals surface area contributed by atoms with Gasteiger partial charge in [-0.25, -0.2) is 9.97 Å². The average Bonchev–Trinajstić information content (AvgIpc) is 3.37. The molecule has 3 N–H and O–H groups in total. The molecule has 1 amide bonds. The summed E-state index contributed by atoms with van der Waals surface area (Å²) in [6, 6.07) is 14.5. The number of rotatable bonds is 6. The maximum absolute atomic E-state index is 13.0. The summed E-state index contributed by atoms with van der Waals surface area (Å²) in [4.78, 5) is 29.3. The number of pyridine rings is 1. The third-order valence-electron chi connectivity index (χ3n) is 5.50. The second-order valence-corrected chi connectivity index (χ2v) is 7.95. The number of benzene rings is 2. The number of anilines is 3. The predicted octanol–water partition coefficient (Wildman–Crippen LogP) is 6.04. The van der Waals surface area contributed by atoms with E-state index in [4.69, 9.17) is 4.74 Å². The van der Waals surface area contributed by atoms with Crippen LogP contribution in [0.1, 0.15) is 15.9 Å². The van der Waals surface area contributed by atoms with E-state index in [2.05, 4.69) is 30.6 Å². The average molecular weight is 504 g/mol. The number of nitrogens with one attached hydrogen (secondary N) is 3. The number of aromatic amines is 1. The van der Waals surface area contributed by atoms with Gasteiger partial charge in [0.25, 0.3) is 5.91 Å². The summed E-state index contributed by atoms with van der Waals surface area (Å²) < 4.78 is 44.5. The molecule has 0 atom stereocenters. The number of hydrogen-bond donors (Lipinski definition) is 3. The van der Waals surface area contributed by atoms with E-state index in [9.17, 15) is 18.0 Å². The maximum Gasteiger partial charge on any atom is 0.416 e. The summed E-state index contributed by atoms with van der Waals surface area (Å²) in [5.41, 5.74) is 2.55. The Morgan fingerprint density at radius 3 is 2.65 bits per heavy atom. The number of nitrogens with zero attached hydrogens (tertiary/aromatic N) is 3. The molecule has 37 heavy (non-hydrogen) atoms. The number of hydrogen-bond acceptors (Lipinski definition) is 6. The molecule has 11 heteroatoms. The fourth-order valence-corrected chi connectivity index (χ4v) is 3.76. The normalized spacial score (nSPS) is 11.4. The van der Waals surface area contributed by atoms with Crippen molar-refractivity contribution in [3.63, 3.8) is 0 Å². The summed E-state index contributed by atoms with van der Waals surface area (Å²) >= 11 is 0. The van der Waals surface area contributed by atoms with Crippen molar-refractivity contribution in [1.29, 1.82) is 0 Å². The standard InChI is InChI=1S/C26H19F3N6O2/c1-37-21-8-7-15(24(36)32-18-6-2-5-17(13-18)26(27,28)29)12-20(21)34-25-33-19-9-11-31-23(19)22(35-25)16-4-3-10-30-14-16/h2-14,31H,1H3,(H,32,36)(H,33,34,35). The smallest absolute Gasteiger partial charge is 0.416 e. The second kappa shape index (κ2) is 9.61. The van der Waals surface area contributed by atoms with Crippen LogP contribution >= 0.6 is 0 Å². The van der Waals surface area contributed by atoms with Gasteiger partial charge in [0.05, 0.1) is 29.4 Å². The van der Waals surface area contributed by atoms with Gasteiger partial charge in [-0.2, -0.15) is 13.2 Å². The molecule has 186 valence electrons. The number of amides is 1. The van der Waals surface area contributed by atoms with Crippen molar-refractivity contribution >= 4 is 34.3 Å². The van der Waals surface area contributed by atoms with E-state index in [0.29, 0.717) is 22.6 Å². The second-order valence-electron chi connectivity index (χ2n) is 7.95. The molecule has 0 aliphatic rings. The highest BCUT2D eigenvalue weighted by atomic mass is 19.4. The van der Waals surface area contributed by atoms with Gasteiger partial charge in [0.2, 0.25) is 5.95 Å². The summed E-state index contributed by atoms with van der Waals surface area (Å²) in [6.07, 6.45) is 0.581. The highest BCUT2D eigenvalue weighted by Gasteiger charge is 2.30. The first kappa shape index (κ1) is 23.8. The lowest BCUT2D eigenvalue weighted by Crippen LogP contribution is -2.13. The minimum atomic E-state index is -4.52. The first-order valence-corrected chi connectivity index (χ1v) is 11.0. The monoisotopic (exact) mass is 504 g/mol. The van der Waals surface area contributed by atoms with Crippen molar-refractivity contribution in [2.75, 3.05) is 17.7 Å². The molecule has 0 radical (unpaired) electrons. The molecule has 0 spiro atoms. The fourth-order valence-electron chi connectivity index (χ4n) is 3.76. The zero-order valence-electron chi connectivity index (χ0n) is 19.3. The Kier molecular flexibility index (Phi) is 6.18. The Balaban J connectivity index is 1.46. The maximum atomic E-state index is 13.0. The molecule has 5 aromatic rings. The van der Waals surface area contributed by atoms with Gasteiger partial charge < -0.3 is 20.4 Å². The number of alkyl halides is 3. The van der Waals surface area contributed by atoms with Gasteiger partial charge in [-0.15, -0.1) is 0 Å². The van der Waals surface area contributed by atoms with Gasteiger partial charge in [-0.3, -0.25) is 9.78 Å². The molecule has 5 rings (SSSR count). The Morgan fingerprint density at radius 2 is 1.89 bits per heavy atom. The van der Waals surface area contributed by atoms with Crippen molar-refractivity contribution in [2.45, 2.75) is 6.18 Å². The van der Waals surface area contributed by atoms with Gasteiger partial charge in [-0.05, 0) is 54.6 Å². The van der Waals surface area contributed by atoms with Crippen LogP contribution in [-0.4, -0.2) is 33.0 Å². The van der Waals surface area contributed by atoms with Crippen LogP contribution in [0.5, 0.6) is 5.75 Å². The van der Waals surface area contributed by atoms with E-state index >= 15 is 0 Å². The van der Waals surface area contributed by atoms with Crippen molar-refractivity contribution in [2.24, 2.45) is 0 Å². The largest absolute Gasteiger partial charge is 0.495 e. The highest BCUT2D eigenvalue weighted by Crippen LogP contribution is 2.32. The van der Waals surface area contributed by atoms with Crippen LogP contribution in [-0.2, 0) is 6.18 Å². The number of halogens is 3. The lowest BCUT2D eigenvalue weighted by molar-refractivity contribution is -0.137. The minimum absolute atomic E-state index is 0.0208. The van der Waals surface area contributed by atoms with Crippen LogP contribution in [0.15, 0.2) is 79.3 Å². The molecular weight excluding hydrogens is 485 g/mol. The Hall–Kier alpha value is -4.93. The van der Waals surface area contributed by atoms with Crippen LogP contribution < -0.4 is 15.4 Å². The van der Waals surface area contributed by atoms with E-state index < -0.39 is 17.6 Å². The Bertz CT molecular complexity index is 1580. The van der Waals surface area contributed by atoms with Crippen LogP contribution in [0.3, 0.4) is 0 Å². The zero-order chi connectivity index (χ0) is 26.0. The molecule has 3 heterocycles. The van der Waals surface area contributed by atoms with Gasteiger partial charge in [-0.1, -0.05) is 6.07 Å². The molecule has 0 bridgehead atoms. The third-order valence-corrected chi connectivity index (χ3v) is 5.50. The summed E-state index contributed by atoms with van der Waals surface area (Å²) in [6.45, 7) is 0. The number of H-pyrrole nitrogens is 1. The van der Waals surface area contributed by atoms with Crippen molar-refractivity contribution in [3.8, 4) is 17.0 Å². The first-order chi connectivity index (χ1) is 17.8. The molecular formula is C26H19F3N6O2. The van der Waals surface area contributed by atoms with Gasteiger partial charge in [0.1, 0.15) is 11.4 Å². The molecule has 8 nitrogen and oxygen atoms in total. The first-order valence-electron chi connectivity index (χ1n) is 11.0. The van der Waals surface area contributed by atoms with Crippen LogP contribution in [0.4, 0.5) is 30.5 Å². The fraction of sp³-hybridized carbons (Fsp3) is 0.0769. The van der Waals surface area contributed by atoms with E-state index in [1.165, 1.54) is 31.4 Å². The predicted molar refractivity (Wildman–Crippen MR) is 133 cm³/mol. The van der Waals surface area contributed by atoms with Crippen LogP contribution in [0.2, 0.25) is 0 Å². The van der Waals surface area contributed by atoms with Crippen LogP contribution in [0, 0.1) is 0 Å². The Morgan fingerprint density at radius 1 is 1.03 bits per heavy atom. The van der Waals surface area contributed by atoms with Crippen molar-refractivity contribution in [3.05, 3.63) is 90.4 Å². The number of aromatic nitrogens is 4. The lowest BCUT2D eigenvalue weighted by Gasteiger charge is -2.14. The summed E-state index contributed by atoms with van der Waals surface area (Å²) in [5.74, 6) is 0.0686. The van der Waals surface area contributed by atoms with Gasteiger partial charge in [0.15, 0.2) is 0 Å². The van der Waals surface area contributed by atoms with Crippen molar-refractivity contribution < 1.29 is 22.7 Å². The van der Waals surface area contributed by atoms with Gasteiger partial charge in [0, 0.05) is 35.4 Å². The number of carbonyl (C=O) groups is 1. The molecule has 3 aromatic heterocycles. The molecule has 0 saturated carbocycles. The summed E-state index contributed by atoms with van der Waals surface area (Å²) in [7, 11) is 1.47. The molecule has 0 saturated heterocycles. The van der Waals surface area contributed by atoms with Crippen molar-refractivity contribution in [1.82, 2.24) is 19.9 Å². The topological polar surface area (TPSA) is 105 Å². The Labute approximate surface area is 208 Å². The number of methoxy groups -OCH3 is 1. The van der Waals surface area contributed by atoms with E-state index in [1.54, 1.807) is 36.8 Å². The molecule has 0 unspecified atom stereocenters. The lowest BCUT2D eigenvalue weighted by atomic mass is 10.1. The van der Waals surface area contributed by atoms with E-state index in [1.807, 2.05) is 6.07 Å². The van der Waals surface area contributed by atoms with Crippen LogP contribution in [0.25, 0.3) is 22.3 Å². The quantitative estimate of drug-likeness (QED) is 0.260. The summed E-state index contributed by atoms with van der Waals surface area (Å²) in [5, 5.41) is 5.59.